The number of aryl methyl sites for hydroxylation is 1. The Morgan fingerprint density at radius 1 is 0.828 bits per heavy atom. The molecule has 0 bridgehead atoms. The van der Waals surface area contributed by atoms with Crippen molar-refractivity contribution in [1.82, 2.24) is 5.32 Å². The Labute approximate surface area is 346 Å². The van der Waals surface area contributed by atoms with Gasteiger partial charge >= 0.3 is 5.97 Å². The van der Waals surface area contributed by atoms with Crippen LogP contribution in [0.4, 0.5) is 10.7 Å². The summed E-state index contributed by atoms with van der Waals surface area (Å²) in [7, 11) is 0. The van der Waals surface area contributed by atoms with E-state index in [-0.39, 0.29) is 18.2 Å². The van der Waals surface area contributed by atoms with Gasteiger partial charge in [0, 0.05) is 21.0 Å². The Morgan fingerprint density at radius 2 is 1.53 bits per heavy atom. The minimum atomic E-state index is -0.708. The Kier molecular flexibility index (Phi) is 13.0. The second-order valence-electron chi connectivity index (χ2n) is 14.0. The average Bonchev–Trinajstić information content (AvgIpc) is 3.60. The standard InChI is InChI=1S/C48H43N3O5S2/c1-3-56-48(55)42-39-26-25-36(33-17-7-4-8-18-33)29-41(39)58-47(42)51-46(54)43(34-19-9-5-10-20-34)57-38-24-14-23-37(30-38)49-45(53)40(28-32-16-13-15-31(2)27-32)50-44(52)35-21-11-6-12-22-35/h4-24,27-28,30,36,43H,3,25-26,29H2,1-2H3,(H,49,53)(H,50,52)(H,51,54)/b40-28+. The van der Waals surface area contributed by atoms with Crippen LogP contribution in [-0.4, -0.2) is 30.3 Å². The van der Waals surface area contributed by atoms with Crippen molar-refractivity contribution in [2.75, 3.05) is 17.2 Å². The van der Waals surface area contributed by atoms with Crippen molar-refractivity contribution < 1.29 is 23.9 Å². The molecule has 58 heavy (non-hydrogen) atoms. The van der Waals surface area contributed by atoms with Crippen molar-refractivity contribution in [2.24, 2.45) is 0 Å². The highest BCUT2D eigenvalue weighted by Gasteiger charge is 2.32. The molecule has 0 saturated heterocycles. The predicted octanol–water partition coefficient (Wildman–Crippen LogP) is 10.4. The van der Waals surface area contributed by atoms with Crippen LogP contribution in [0.1, 0.15) is 77.9 Å². The second kappa shape index (κ2) is 18.8. The van der Waals surface area contributed by atoms with E-state index in [1.54, 1.807) is 55.5 Å². The van der Waals surface area contributed by atoms with Crippen LogP contribution in [0.5, 0.6) is 0 Å². The summed E-state index contributed by atoms with van der Waals surface area (Å²) in [5, 5.41) is 8.67. The number of anilines is 2. The van der Waals surface area contributed by atoms with Crippen LogP contribution < -0.4 is 16.0 Å². The van der Waals surface area contributed by atoms with Gasteiger partial charge in [0.15, 0.2) is 0 Å². The van der Waals surface area contributed by atoms with Crippen molar-refractivity contribution in [3.05, 3.63) is 189 Å². The molecule has 10 heteroatoms. The first-order valence-electron chi connectivity index (χ1n) is 19.2. The first kappa shape index (κ1) is 40.0. The molecule has 1 aliphatic carbocycles. The molecule has 0 spiro atoms. The number of amides is 3. The fourth-order valence-corrected chi connectivity index (χ4v) is 9.43. The number of thiophene rings is 1. The number of thioether (sulfide) groups is 1. The molecule has 3 amide bonds. The number of carbonyl (C=O) groups is 4. The van der Waals surface area contributed by atoms with Crippen LogP contribution >= 0.6 is 23.1 Å². The van der Waals surface area contributed by atoms with Gasteiger partial charge in [0.2, 0.25) is 5.91 Å². The number of hydrogen-bond donors (Lipinski definition) is 3. The van der Waals surface area contributed by atoms with Crippen LogP contribution in [0.3, 0.4) is 0 Å². The molecule has 6 aromatic rings. The molecule has 3 N–H and O–H groups in total. The van der Waals surface area contributed by atoms with E-state index in [1.165, 1.54) is 28.7 Å². The molecule has 2 atom stereocenters. The van der Waals surface area contributed by atoms with Gasteiger partial charge in [-0.3, -0.25) is 14.4 Å². The van der Waals surface area contributed by atoms with Gasteiger partial charge in [0.25, 0.3) is 11.8 Å². The molecule has 1 heterocycles. The zero-order chi connectivity index (χ0) is 40.4. The van der Waals surface area contributed by atoms with E-state index in [1.807, 2.05) is 91.9 Å². The van der Waals surface area contributed by atoms with Gasteiger partial charge in [0.05, 0.1) is 12.2 Å². The highest BCUT2D eigenvalue weighted by Crippen LogP contribution is 2.44. The second-order valence-corrected chi connectivity index (χ2v) is 16.2. The van der Waals surface area contributed by atoms with Crippen molar-refractivity contribution in [3.63, 3.8) is 0 Å². The number of nitrogens with one attached hydrogen (secondary N) is 3. The van der Waals surface area contributed by atoms with E-state index in [2.05, 4.69) is 28.1 Å². The molecule has 5 aromatic carbocycles. The summed E-state index contributed by atoms with van der Waals surface area (Å²) in [6.07, 6.45) is 4.03. The number of esters is 1. The molecule has 7 rings (SSSR count). The third-order valence-corrected chi connectivity index (χ3v) is 12.2. The number of benzene rings is 5. The first-order chi connectivity index (χ1) is 28.2. The first-order valence-corrected chi connectivity index (χ1v) is 20.9. The molecular weight excluding hydrogens is 763 g/mol. The summed E-state index contributed by atoms with van der Waals surface area (Å²) >= 11 is 2.78. The van der Waals surface area contributed by atoms with E-state index < -0.39 is 23.0 Å². The van der Waals surface area contributed by atoms with Gasteiger partial charge in [-0.1, -0.05) is 115 Å². The van der Waals surface area contributed by atoms with Crippen molar-refractivity contribution in [3.8, 4) is 0 Å². The summed E-state index contributed by atoms with van der Waals surface area (Å²) in [5.74, 6) is -1.32. The summed E-state index contributed by atoms with van der Waals surface area (Å²) in [6.45, 7) is 3.96. The van der Waals surface area contributed by atoms with Crippen molar-refractivity contribution in [2.45, 2.75) is 49.2 Å². The fourth-order valence-electron chi connectivity index (χ4n) is 7.03. The number of ether oxygens (including phenoxy) is 1. The summed E-state index contributed by atoms with van der Waals surface area (Å²) < 4.78 is 5.52. The molecule has 0 radical (unpaired) electrons. The van der Waals surface area contributed by atoms with Gasteiger partial charge in [0.1, 0.15) is 15.9 Å². The topological polar surface area (TPSA) is 114 Å². The normalized spacial score (nSPS) is 14.1. The van der Waals surface area contributed by atoms with E-state index in [4.69, 9.17) is 4.74 Å². The Bertz CT molecular complexity index is 2450. The fraction of sp³-hybridized carbons (Fsp3) is 0.167. The van der Waals surface area contributed by atoms with Crippen molar-refractivity contribution in [1.29, 1.82) is 0 Å². The molecule has 2 unspecified atom stereocenters. The minimum absolute atomic E-state index is 0.0742. The number of fused-ring (bicyclic) bond motifs is 1. The largest absolute Gasteiger partial charge is 0.462 e. The lowest BCUT2D eigenvalue weighted by Gasteiger charge is -2.23. The third-order valence-electron chi connectivity index (χ3n) is 9.82. The highest BCUT2D eigenvalue weighted by atomic mass is 32.2. The smallest absolute Gasteiger partial charge is 0.341 e. The Balaban J connectivity index is 1.13. The summed E-state index contributed by atoms with van der Waals surface area (Å²) in [5.41, 5.74) is 6.17. The average molecular weight is 806 g/mol. The molecule has 0 aliphatic heterocycles. The number of carbonyl (C=O) groups excluding carboxylic acids is 4. The minimum Gasteiger partial charge on any atom is -0.462 e. The lowest BCUT2D eigenvalue weighted by molar-refractivity contribution is -0.116. The molecule has 292 valence electrons. The van der Waals surface area contributed by atoms with Crippen LogP contribution in [-0.2, 0) is 27.2 Å². The molecule has 8 nitrogen and oxygen atoms in total. The predicted molar refractivity (Wildman–Crippen MR) is 233 cm³/mol. The van der Waals surface area contributed by atoms with E-state index in [0.29, 0.717) is 34.2 Å². The summed E-state index contributed by atoms with van der Waals surface area (Å²) in [4.78, 5) is 56.7. The van der Waals surface area contributed by atoms with Gasteiger partial charge in [-0.2, -0.15) is 0 Å². The molecule has 1 aliphatic rings. The molecule has 0 fully saturated rings. The van der Waals surface area contributed by atoms with E-state index in [9.17, 15) is 19.2 Å². The van der Waals surface area contributed by atoms with Gasteiger partial charge in [-0.05, 0) is 97.7 Å². The monoisotopic (exact) mass is 805 g/mol. The van der Waals surface area contributed by atoms with E-state index in [0.717, 1.165) is 44.9 Å². The maximum absolute atomic E-state index is 14.4. The van der Waals surface area contributed by atoms with Gasteiger partial charge < -0.3 is 20.7 Å². The highest BCUT2D eigenvalue weighted by molar-refractivity contribution is 8.00. The number of hydrogen-bond acceptors (Lipinski definition) is 7. The van der Waals surface area contributed by atoms with E-state index >= 15 is 0 Å². The zero-order valence-corrected chi connectivity index (χ0v) is 33.8. The third kappa shape index (κ3) is 9.82. The van der Waals surface area contributed by atoms with Crippen LogP contribution in [0.2, 0.25) is 0 Å². The molecule has 1 aromatic heterocycles. The quantitative estimate of drug-likeness (QED) is 0.0609. The van der Waals surface area contributed by atoms with Crippen LogP contribution in [0.25, 0.3) is 6.08 Å². The van der Waals surface area contributed by atoms with Crippen LogP contribution in [0, 0.1) is 6.92 Å². The molecular formula is C48H43N3O5S2. The number of rotatable bonds is 13. The van der Waals surface area contributed by atoms with Gasteiger partial charge in [-0.15, -0.1) is 23.1 Å². The Hall–Kier alpha value is -6.23. The maximum atomic E-state index is 14.4. The zero-order valence-electron chi connectivity index (χ0n) is 32.2. The van der Waals surface area contributed by atoms with Crippen molar-refractivity contribution >= 4 is 63.6 Å². The molecule has 0 saturated carbocycles. The lowest BCUT2D eigenvalue weighted by atomic mass is 9.83. The maximum Gasteiger partial charge on any atom is 0.341 e. The SMILES string of the molecule is CCOC(=O)c1c(NC(=O)C(Sc2cccc(NC(=O)/C(=C\c3cccc(C)c3)NC(=O)c3ccccc3)c2)c2ccccc2)sc2c1CCC(c1ccccc1)C2. The van der Waals surface area contributed by atoms with Crippen LogP contribution in [0.15, 0.2) is 150 Å². The summed E-state index contributed by atoms with van der Waals surface area (Å²) in [6, 6.07) is 43.5. The Morgan fingerprint density at radius 3 is 2.26 bits per heavy atom. The van der Waals surface area contributed by atoms with Gasteiger partial charge in [-0.25, -0.2) is 4.79 Å². The lowest BCUT2D eigenvalue weighted by Crippen LogP contribution is -2.30.